The molecule has 2 rings (SSSR count). The van der Waals surface area contributed by atoms with Gasteiger partial charge in [-0.25, -0.2) is 12.8 Å². The molecule has 1 saturated heterocycles. The quantitative estimate of drug-likeness (QED) is 0.892. The van der Waals surface area contributed by atoms with Crippen LogP contribution in [0.3, 0.4) is 0 Å². The zero-order valence-electron chi connectivity index (χ0n) is 9.97. The monoisotopic (exact) mass is 294 g/mol. The van der Waals surface area contributed by atoms with Crippen molar-refractivity contribution in [3.8, 4) is 0 Å². The van der Waals surface area contributed by atoms with Crippen molar-refractivity contribution in [2.24, 2.45) is 0 Å². The first kappa shape index (κ1) is 15.4. The van der Waals surface area contributed by atoms with Crippen LogP contribution in [0.25, 0.3) is 0 Å². The fourth-order valence-corrected chi connectivity index (χ4v) is 3.40. The van der Waals surface area contributed by atoms with E-state index in [1.54, 1.807) is 0 Å². The van der Waals surface area contributed by atoms with Gasteiger partial charge in [-0.3, -0.25) is 0 Å². The summed E-state index contributed by atoms with van der Waals surface area (Å²) in [6.45, 7) is 3.47. The average molecular weight is 295 g/mol. The third-order valence-electron chi connectivity index (χ3n) is 2.78. The van der Waals surface area contributed by atoms with Crippen LogP contribution in [0.15, 0.2) is 29.2 Å². The summed E-state index contributed by atoms with van der Waals surface area (Å²) in [6, 6.07) is 5.07. The second-order valence-electron chi connectivity index (χ2n) is 4.17. The summed E-state index contributed by atoms with van der Waals surface area (Å²) in [7, 11) is -3.49. The minimum Gasteiger partial charge on any atom is -0.312 e. The molecule has 1 aliphatic heterocycles. The van der Waals surface area contributed by atoms with Crippen LogP contribution >= 0.6 is 12.4 Å². The Bertz CT molecular complexity index is 492. The molecule has 1 unspecified atom stereocenters. The molecule has 18 heavy (non-hydrogen) atoms. The largest absolute Gasteiger partial charge is 0.312 e. The van der Waals surface area contributed by atoms with Gasteiger partial charge >= 0.3 is 0 Å². The molecule has 102 valence electrons. The van der Waals surface area contributed by atoms with Crippen LogP contribution in [0.1, 0.15) is 6.92 Å². The van der Waals surface area contributed by atoms with Gasteiger partial charge in [0.1, 0.15) is 5.82 Å². The maximum atomic E-state index is 12.8. The molecule has 0 aliphatic carbocycles. The number of benzene rings is 1. The second-order valence-corrected chi connectivity index (χ2v) is 6.11. The number of rotatable bonds is 2. The second kappa shape index (κ2) is 5.97. The molecular formula is C11H16ClFN2O2S. The molecule has 0 amide bonds. The van der Waals surface area contributed by atoms with Gasteiger partial charge < -0.3 is 5.32 Å². The van der Waals surface area contributed by atoms with Crippen molar-refractivity contribution in [2.75, 3.05) is 19.6 Å². The normalized spacial score (nSPS) is 21.3. The predicted molar refractivity (Wildman–Crippen MR) is 69.9 cm³/mol. The molecule has 0 aromatic heterocycles. The zero-order valence-corrected chi connectivity index (χ0v) is 11.6. The van der Waals surface area contributed by atoms with Gasteiger partial charge in [-0.05, 0) is 31.2 Å². The van der Waals surface area contributed by atoms with Gasteiger partial charge in [-0.15, -0.1) is 12.4 Å². The highest BCUT2D eigenvalue weighted by atomic mass is 35.5. The van der Waals surface area contributed by atoms with E-state index in [-0.39, 0.29) is 23.3 Å². The summed E-state index contributed by atoms with van der Waals surface area (Å²) in [6.07, 6.45) is 0. The topological polar surface area (TPSA) is 49.4 Å². The van der Waals surface area contributed by atoms with Gasteiger partial charge in [0.15, 0.2) is 0 Å². The van der Waals surface area contributed by atoms with Crippen LogP contribution in [-0.4, -0.2) is 38.4 Å². The third-order valence-corrected chi connectivity index (χ3v) is 4.66. The summed E-state index contributed by atoms with van der Waals surface area (Å²) in [4.78, 5) is 0.146. The molecule has 1 N–H and O–H groups in total. The molecule has 0 saturated carbocycles. The lowest BCUT2D eigenvalue weighted by Gasteiger charge is -2.30. The van der Waals surface area contributed by atoms with Crippen molar-refractivity contribution in [3.63, 3.8) is 0 Å². The van der Waals surface area contributed by atoms with Crippen LogP contribution in [0.4, 0.5) is 4.39 Å². The zero-order chi connectivity index (χ0) is 12.5. The Hall–Kier alpha value is -0.690. The van der Waals surface area contributed by atoms with Crippen LogP contribution in [-0.2, 0) is 10.0 Å². The van der Waals surface area contributed by atoms with Crippen LogP contribution in [0, 0.1) is 5.82 Å². The van der Waals surface area contributed by atoms with Crippen LogP contribution in [0.5, 0.6) is 0 Å². The molecule has 1 heterocycles. The highest BCUT2D eigenvalue weighted by Crippen LogP contribution is 2.17. The van der Waals surface area contributed by atoms with Crippen molar-refractivity contribution < 1.29 is 12.8 Å². The van der Waals surface area contributed by atoms with E-state index < -0.39 is 15.8 Å². The van der Waals surface area contributed by atoms with Crippen molar-refractivity contribution >= 4 is 22.4 Å². The summed E-state index contributed by atoms with van der Waals surface area (Å²) >= 11 is 0. The van der Waals surface area contributed by atoms with Crippen molar-refractivity contribution in [3.05, 3.63) is 30.1 Å². The third kappa shape index (κ3) is 3.20. The number of sulfonamides is 1. The first-order valence-corrected chi connectivity index (χ1v) is 6.93. The Morgan fingerprint density at radius 2 is 1.94 bits per heavy atom. The van der Waals surface area contributed by atoms with Crippen LogP contribution < -0.4 is 5.32 Å². The van der Waals surface area contributed by atoms with Gasteiger partial charge in [0, 0.05) is 25.7 Å². The SMILES string of the molecule is CC1CN(S(=O)(=O)c2ccc(F)cc2)CCN1.Cl. The molecule has 0 spiro atoms. The minimum atomic E-state index is -3.49. The summed E-state index contributed by atoms with van der Waals surface area (Å²) in [5.74, 6) is -0.433. The molecule has 0 bridgehead atoms. The summed E-state index contributed by atoms with van der Waals surface area (Å²) in [5.41, 5.74) is 0. The van der Waals surface area contributed by atoms with Gasteiger partial charge in [0.05, 0.1) is 4.90 Å². The lowest BCUT2D eigenvalue weighted by Crippen LogP contribution is -2.51. The minimum absolute atomic E-state index is 0. The number of piperazine rings is 1. The van der Waals surface area contributed by atoms with E-state index in [0.717, 1.165) is 0 Å². The first-order valence-electron chi connectivity index (χ1n) is 5.49. The fraction of sp³-hybridized carbons (Fsp3) is 0.455. The van der Waals surface area contributed by atoms with E-state index >= 15 is 0 Å². The molecule has 7 heteroatoms. The number of nitrogens with one attached hydrogen (secondary N) is 1. The Morgan fingerprint density at radius 3 is 2.50 bits per heavy atom. The van der Waals surface area contributed by atoms with E-state index in [4.69, 9.17) is 0 Å². The van der Waals surface area contributed by atoms with Gasteiger partial charge in [-0.2, -0.15) is 4.31 Å². The molecule has 1 aromatic carbocycles. The molecule has 0 radical (unpaired) electrons. The van der Waals surface area contributed by atoms with E-state index in [2.05, 4.69) is 5.32 Å². The molecule has 1 fully saturated rings. The first-order chi connectivity index (χ1) is 8.00. The van der Waals surface area contributed by atoms with Gasteiger partial charge in [0.2, 0.25) is 10.0 Å². The van der Waals surface area contributed by atoms with E-state index in [1.165, 1.54) is 28.6 Å². The Morgan fingerprint density at radius 1 is 1.33 bits per heavy atom. The summed E-state index contributed by atoms with van der Waals surface area (Å²) in [5, 5.41) is 3.18. The highest BCUT2D eigenvalue weighted by Gasteiger charge is 2.28. The maximum absolute atomic E-state index is 12.8. The molecule has 1 aromatic rings. The van der Waals surface area contributed by atoms with E-state index in [1.807, 2.05) is 6.92 Å². The summed E-state index contributed by atoms with van der Waals surface area (Å²) < 4.78 is 38.6. The average Bonchev–Trinajstić information content (AvgIpc) is 2.29. The Kier molecular flexibility index (Phi) is 5.10. The molecular weight excluding hydrogens is 279 g/mol. The maximum Gasteiger partial charge on any atom is 0.243 e. The van der Waals surface area contributed by atoms with Gasteiger partial charge in [0.25, 0.3) is 0 Å². The van der Waals surface area contributed by atoms with Crippen molar-refractivity contribution in [1.82, 2.24) is 9.62 Å². The van der Waals surface area contributed by atoms with Crippen molar-refractivity contribution in [1.29, 1.82) is 0 Å². The smallest absolute Gasteiger partial charge is 0.243 e. The Balaban J connectivity index is 0.00000162. The Labute approximate surface area is 113 Å². The number of halogens is 2. The lowest BCUT2D eigenvalue weighted by molar-refractivity contribution is 0.310. The number of hydrogen-bond acceptors (Lipinski definition) is 3. The van der Waals surface area contributed by atoms with Crippen LogP contribution in [0.2, 0.25) is 0 Å². The predicted octanol–water partition coefficient (Wildman–Crippen LogP) is 1.23. The van der Waals surface area contributed by atoms with Gasteiger partial charge in [-0.1, -0.05) is 0 Å². The molecule has 1 atom stereocenters. The molecule has 1 aliphatic rings. The lowest BCUT2D eigenvalue weighted by atomic mass is 10.3. The number of nitrogens with zero attached hydrogens (tertiary/aromatic N) is 1. The van der Waals surface area contributed by atoms with Crippen molar-refractivity contribution in [2.45, 2.75) is 17.9 Å². The number of hydrogen-bond donors (Lipinski definition) is 1. The standard InChI is InChI=1S/C11H15FN2O2S.ClH/c1-9-8-14(7-6-13-9)17(15,16)11-4-2-10(12)3-5-11;/h2-5,9,13H,6-8H2,1H3;1H. The van der Waals surface area contributed by atoms with E-state index in [0.29, 0.717) is 19.6 Å². The molecule has 4 nitrogen and oxygen atoms in total. The highest BCUT2D eigenvalue weighted by molar-refractivity contribution is 7.89. The fourth-order valence-electron chi connectivity index (χ4n) is 1.87. The van der Waals surface area contributed by atoms with E-state index in [9.17, 15) is 12.8 Å².